The molecule has 0 fully saturated rings. The van der Waals surface area contributed by atoms with Crippen molar-refractivity contribution in [1.29, 1.82) is 0 Å². The van der Waals surface area contributed by atoms with E-state index in [-0.39, 0.29) is 11.2 Å². The van der Waals surface area contributed by atoms with Crippen LogP contribution in [-0.4, -0.2) is 12.8 Å². The molecular formula is C6H3BINO2. The Morgan fingerprint density at radius 1 is 1.55 bits per heavy atom. The molecule has 1 rings (SSSR count). The molecule has 1 aromatic rings. The highest BCUT2D eigenvalue weighted by atomic mass is 127. The third kappa shape index (κ3) is 1.71. The first-order chi connectivity index (χ1) is 5.13. The lowest BCUT2D eigenvalue weighted by Gasteiger charge is -1.97. The van der Waals surface area contributed by atoms with Crippen molar-refractivity contribution in [1.82, 2.24) is 0 Å². The maximum atomic E-state index is 10.4. The van der Waals surface area contributed by atoms with Gasteiger partial charge < -0.3 is 0 Å². The molecule has 0 saturated carbocycles. The van der Waals surface area contributed by atoms with Crippen molar-refractivity contribution >= 4 is 41.6 Å². The Labute approximate surface area is 78.5 Å². The van der Waals surface area contributed by atoms with Crippen LogP contribution < -0.4 is 5.46 Å². The second kappa shape index (κ2) is 3.21. The lowest BCUT2D eigenvalue weighted by Crippen LogP contribution is -2.10. The summed E-state index contributed by atoms with van der Waals surface area (Å²) < 4.78 is 0.563. The topological polar surface area (TPSA) is 43.1 Å². The van der Waals surface area contributed by atoms with Crippen molar-refractivity contribution < 1.29 is 4.92 Å². The van der Waals surface area contributed by atoms with Gasteiger partial charge in [0.05, 0.1) is 8.49 Å². The molecule has 3 nitrogen and oxygen atoms in total. The van der Waals surface area contributed by atoms with E-state index in [9.17, 15) is 10.1 Å². The molecule has 0 bridgehead atoms. The number of benzene rings is 1. The van der Waals surface area contributed by atoms with Crippen molar-refractivity contribution in [2.75, 3.05) is 0 Å². The van der Waals surface area contributed by atoms with Crippen LogP contribution in [0.2, 0.25) is 0 Å². The van der Waals surface area contributed by atoms with Crippen molar-refractivity contribution in [2.24, 2.45) is 0 Å². The zero-order chi connectivity index (χ0) is 8.43. The number of nitro groups is 1. The molecule has 0 saturated heterocycles. The Morgan fingerprint density at radius 2 is 2.18 bits per heavy atom. The van der Waals surface area contributed by atoms with Gasteiger partial charge in [0, 0.05) is 0 Å². The second-order valence-corrected chi connectivity index (χ2v) is 3.10. The van der Waals surface area contributed by atoms with Gasteiger partial charge in [0.2, 0.25) is 0 Å². The highest BCUT2D eigenvalue weighted by Crippen LogP contribution is 2.16. The van der Waals surface area contributed by atoms with Crippen LogP contribution in [-0.2, 0) is 0 Å². The second-order valence-electron chi connectivity index (χ2n) is 1.93. The van der Waals surface area contributed by atoms with Crippen molar-refractivity contribution in [3.8, 4) is 0 Å². The number of halogens is 1. The lowest BCUT2D eigenvalue weighted by molar-refractivity contribution is -0.384. The summed E-state index contributed by atoms with van der Waals surface area (Å²) in [6, 6.07) is 4.85. The summed E-state index contributed by atoms with van der Waals surface area (Å²) in [5, 5.41) is 10.4. The average molecular weight is 259 g/mol. The van der Waals surface area contributed by atoms with Crippen molar-refractivity contribution in [3.05, 3.63) is 31.9 Å². The predicted octanol–water partition coefficient (Wildman–Crippen LogP) is 0.993. The Hall–Kier alpha value is -0.585. The molecule has 2 radical (unpaired) electrons. The van der Waals surface area contributed by atoms with Gasteiger partial charge >= 0.3 is 0 Å². The lowest BCUT2D eigenvalue weighted by atomic mass is 9.94. The maximum absolute atomic E-state index is 10.4. The SMILES string of the molecule is [B]c1cccc(I)c1[N+](=O)[O-]. The fourth-order valence-electron chi connectivity index (χ4n) is 0.725. The molecule has 54 valence electrons. The Bertz CT molecular complexity index is 282. The van der Waals surface area contributed by atoms with Crippen LogP contribution in [0.5, 0.6) is 0 Å². The van der Waals surface area contributed by atoms with E-state index in [1.807, 2.05) is 22.6 Å². The number of hydrogen-bond acceptors (Lipinski definition) is 2. The van der Waals surface area contributed by atoms with Crippen molar-refractivity contribution in [2.45, 2.75) is 0 Å². The molecule has 0 aliphatic carbocycles. The van der Waals surface area contributed by atoms with Gasteiger partial charge in [0.1, 0.15) is 7.85 Å². The Kier molecular flexibility index (Phi) is 2.48. The summed E-state index contributed by atoms with van der Waals surface area (Å²) in [6.45, 7) is 0. The highest BCUT2D eigenvalue weighted by Gasteiger charge is 2.12. The average Bonchev–Trinajstić information content (AvgIpc) is 1.85. The van der Waals surface area contributed by atoms with Gasteiger partial charge in [-0.1, -0.05) is 12.1 Å². The van der Waals surface area contributed by atoms with Gasteiger partial charge in [-0.3, -0.25) is 10.1 Å². The summed E-state index contributed by atoms with van der Waals surface area (Å²) in [7, 11) is 5.38. The summed E-state index contributed by atoms with van der Waals surface area (Å²) in [5.41, 5.74) is 0.204. The molecule has 0 atom stereocenters. The number of nitrogens with zero attached hydrogens (tertiary/aromatic N) is 1. The molecule has 5 heteroatoms. The zero-order valence-electron chi connectivity index (χ0n) is 5.45. The highest BCUT2D eigenvalue weighted by molar-refractivity contribution is 14.1. The van der Waals surface area contributed by atoms with Gasteiger partial charge in [0.25, 0.3) is 5.69 Å². The molecular weight excluding hydrogens is 256 g/mol. The van der Waals surface area contributed by atoms with E-state index >= 15 is 0 Å². The summed E-state index contributed by atoms with van der Waals surface area (Å²) in [5.74, 6) is 0. The number of rotatable bonds is 1. The van der Waals surface area contributed by atoms with Crippen LogP contribution in [0.4, 0.5) is 5.69 Å². The van der Waals surface area contributed by atoms with Crippen LogP contribution >= 0.6 is 22.6 Å². The minimum atomic E-state index is -0.475. The molecule has 11 heavy (non-hydrogen) atoms. The van der Waals surface area contributed by atoms with Crippen molar-refractivity contribution in [3.63, 3.8) is 0 Å². The van der Waals surface area contributed by atoms with E-state index in [1.165, 1.54) is 6.07 Å². The standard InChI is InChI=1S/C6H3BINO2/c7-4-2-1-3-5(8)6(4)9(10)11/h1-3H. The molecule has 0 amide bonds. The van der Waals surface area contributed by atoms with Crippen LogP contribution in [0, 0.1) is 13.7 Å². The Balaban J connectivity index is 3.32. The van der Waals surface area contributed by atoms with E-state index in [4.69, 9.17) is 7.85 Å². The normalized spacial score (nSPS) is 9.55. The maximum Gasteiger partial charge on any atom is 0.275 e. The molecule has 0 aromatic heterocycles. The largest absolute Gasteiger partial charge is 0.275 e. The number of nitro benzene ring substituents is 1. The summed E-state index contributed by atoms with van der Waals surface area (Å²) in [6.07, 6.45) is 0. The van der Waals surface area contributed by atoms with E-state index in [0.29, 0.717) is 3.57 Å². The molecule has 0 N–H and O–H groups in total. The summed E-state index contributed by atoms with van der Waals surface area (Å²) in [4.78, 5) is 9.89. The predicted molar refractivity (Wildman–Crippen MR) is 51.2 cm³/mol. The van der Waals surface area contributed by atoms with Gasteiger partial charge in [-0.25, -0.2) is 0 Å². The Morgan fingerprint density at radius 3 is 2.55 bits per heavy atom. The van der Waals surface area contributed by atoms with Gasteiger partial charge in [-0.2, -0.15) is 0 Å². The fourth-order valence-corrected chi connectivity index (χ4v) is 1.44. The minimum Gasteiger partial charge on any atom is -0.258 e. The zero-order valence-corrected chi connectivity index (χ0v) is 7.61. The van der Waals surface area contributed by atoms with Crippen LogP contribution in [0.25, 0.3) is 0 Å². The first-order valence-electron chi connectivity index (χ1n) is 2.81. The number of hydrogen-bond donors (Lipinski definition) is 0. The third-order valence-electron chi connectivity index (χ3n) is 1.20. The molecule has 0 aliphatic heterocycles. The molecule has 0 unspecified atom stereocenters. The summed E-state index contributed by atoms with van der Waals surface area (Å²) >= 11 is 1.88. The van der Waals surface area contributed by atoms with E-state index < -0.39 is 4.92 Å². The number of para-hydroxylation sites is 1. The molecule has 0 spiro atoms. The van der Waals surface area contributed by atoms with Crippen LogP contribution in [0.3, 0.4) is 0 Å². The molecule has 0 aliphatic rings. The minimum absolute atomic E-state index is 0.00639. The van der Waals surface area contributed by atoms with E-state index in [0.717, 1.165) is 0 Å². The smallest absolute Gasteiger partial charge is 0.258 e. The quantitative estimate of drug-likeness (QED) is 0.326. The molecule has 1 aromatic carbocycles. The molecule has 0 heterocycles. The van der Waals surface area contributed by atoms with Gasteiger partial charge in [0.15, 0.2) is 0 Å². The first-order valence-corrected chi connectivity index (χ1v) is 3.89. The van der Waals surface area contributed by atoms with E-state index in [1.54, 1.807) is 12.1 Å². The fraction of sp³-hybridized carbons (Fsp3) is 0. The van der Waals surface area contributed by atoms with Crippen LogP contribution in [0.1, 0.15) is 0 Å². The van der Waals surface area contributed by atoms with Gasteiger partial charge in [-0.15, -0.1) is 0 Å². The van der Waals surface area contributed by atoms with Crippen LogP contribution in [0.15, 0.2) is 18.2 Å². The van der Waals surface area contributed by atoms with Gasteiger partial charge in [-0.05, 0) is 34.1 Å². The third-order valence-corrected chi connectivity index (χ3v) is 2.07. The monoisotopic (exact) mass is 259 g/mol. The first kappa shape index (κ1) is 8.51. The van der Waals surface area contributed by atoms with E-state index in [2.05, 4.69) is 0 Å².